The van der Waals surface area contributed by atoms with Crippen molar-refractivity contribution in [2.24, 2.45) is 10.4 Å². The summed E-state index contributed by atoms with van der Waals surface area (Å²) in [6, 6.07) is 0. The maximum absolute atomic E-state index is 5.62. The van der Waals surface area contributed by atoms with Gasteiger partial charge in [0.2, 0.25) is 0 Å². The third-order valence-corrected chi connectivity index (χ3v) is 4.79. The molecule has 0 radical (unpaired) electrons. The van der Waals surface area contributed by atoms with Crippen molar-refractivity contribution in [2.45, 2.75) is 58.0 Å². The summed E-state index contributed by atoms with van der Waals surface area (Å²) < 4.78 is 5.62. The van der Waals surface area contributed by atoms with Gasteiger partial charge in [-0.3, -0.25) is 4.99 Å². The van der Waals surface area contributed by atoms with Crippen LogP contribution in [0.1, 0.15) is 51.9 Å². The topological polar surface area (TPSA) is 45.7 Å². The van der Waals surface area contributed by atoms with Crippen LogP contribution in [0, 0.1) is 5.41 Å². The Morgan fingerprint density at radius 2 is 2.05 bits per heavy atom. The fourth-order valence-electron chi connectivity index (χ4n) is 3.29. The second-order valence-electron chi connectivity index (χ2n) is 6.00. The molecule has 2 aliphatic rings. The van der Waals surface area contributed by atoms with Gasteiger partial charge >= 0.3 is 0 Å². The molecule has 1 aliphatic heterocycles. The number of guanidine groups is 1. The lowest BCUT2D eigenvalue weighted by atomic mass is 9.83. The lowest BCUT2D eigenvalue weighted by Gasteiger charge is -2.28. The molecule has 0 bridgehead atoms. The van der Waals surface area contributed by atoms with Crippen LogP contribution in [-0.2, 0) is 4.74 Å². The zero-order chi connectivity index (χ0) is 13.6. The monoisotopic (exact) mass is 267 g/mol. The SMILES string of the molecule is CCC1(CNC(=NC)NCC2CCCO2)CCCC1. The Kier molecular flexibility index (Phi) is 5.49. The van der Waals surface area contributed by atoms with Crippen LogP contribution in [0.5, 0.6) is 0 Å². The normalized spacial score (nSPS) is 26.6. The largest absolute Gasteiger partial charge is 0.376 e. The van der Waals surface area contributed by atoms with Crippen molar-refractivity contribution in [1.82, 2.24) is 10.6 Å². The fourth-order valence-corrected chi connectivity index (χ4v) is 3.29. The van der Waals surface area contributed by atoms with Gasteiger partial charge in [-0.2, -0.15) is 0 Å². The minimum absolute atomic E-state index is 0.366. The van der Waals surface area contributed by atoms with Crippen molar-refractivity contribution in [3.8, 4) is 0 Å². The van der Waals surface area contributed by atoms with Gasteiger partial charge in [0.1, 0.15) is 0 Å². The first-order chi connectivity index (χ1) is 9.28. The number of nitrogens with one attached hydrogen (secondary N) is 2. The highest BCUT2D eigenvalue weighted by molar-refractivity contribution is 5.79. The maximum atomic E-state index is 5.62. The molecule has 0 aromatic rings. The average Bonchev–Trinajstić information content (AvgIpc) is 3.11. The van der Waals surface area contributed by atoms with Crippen molar-refractivity contribution in [3.05, 3.63) is 0 Å². The number of rotatable bonds is 5. The van der Waals surface area contributed by atoms with Crippen LogP contribution >= 0.6 is 0 Å². The molecule has 0 spiro atoms. The van der Waals surface area contributed by atoms with Crippen LogP contribution in [-0.4, -0.2) is 38.8 Å². The van der Waals surface area contributed by atoms with E-state index in [9.17, 15) is 0 Å². The molecular formula is C15H29N3O. The van der Waals surface area contributed by atoms with Crippen LogP contribution in [0.3, 0.4) is 0 Å². The van der Waals surface area contributed by atoms with Gasteiger partial charge in [-0.15, -0.1) is 0 Å². The summed E-state index contributed by atoms with van der Waals surface area (Å²) in [5.41, 5.74) is 0.501. The van der Waals surface area contributed by atoms with Gasteiger partial charge in [0.05, 0.1) is 6.10 Å². The molecule has 19 heavy (non-hydrogen) atoms. The number of hydrogen-bond acceptors (Lipinski definition) is 2. The van der Waals surface area contributed by atoms with E-state index >= 15 is 0 Å². The molecule has 1 saturated carbocycles. The molecule has 0 amide bonds. The Morgan fingerprint density at radius 3 is 2.63 bits per heavy atom. The molecular weight excluding hydrogens is 238 g/mol. The Morgan fingerprint density at radius 1 is 1.26 bits per heavy atom. The van der Waals surface area contributed by atoms with Crippen molar-refractivity contribution >= 4 is 5.96 Å². The molecule has 4 heteroatoms. The quantitative estimate of drug-likeness (QED) is 0.593. The molecule has 0 aromatic heterocycles. The highest BCUT2D eigenvalue weighted by Crippen LogP contribution is 2.40. The van der Waals surface area contributed by atoms with Gasteiger partial charge in [0, 0.05) is 26.7 Å². The van der Waals surface area contributed by atoms with Crippen molar-refractivity contribution < 1.29 is 4.74 Å². The molecule has 110 valence electrons. The van der Waals surface area contributed by atoms with Crippen molar-refractivity contribution in [1.29, 1.82) is 0 Å². The molecule has 1 saturated heterocycles. The average molecular weight is 267 g/mol. The van der Waals surface area contributed by atoms with E-state index in [1.165, 1.54) is 44.9 Å². The van der Waals surface area contributed by atoms with E-state index in [-0.39, 0.29) is 0 Å². The minimum Gasteiger partial charge on any atom is -0.376 e. The molecule has 2 rings (SSSR count). The lowest BCUT2D eigenvalue weighted by Crippen LogP contribution is -2.45. The summed E-state index contributed by atoms with van der Waals surface area (Å²) in [7, 11) is 1.85. The number of hydrogen-bond donors (Lipinski definition) is 2. The molecule has 1 heterocycles. The summed E-state index contributed by atoms with van der Waals surface area (Å²) >= 11 is 0. The van der Waals surface area contributed by atoms with Crippen LogP contribution < -0.4 is 10.6 Å². The smallest absolute Gasteiger partial charge is 0.191 e. The predicted molar refractivity (Wildman–Crippen MR) is 79.5 cm³/mol. The first kappa shape index (κ1) is 14.6. The molecule has 1 aliphatic carbocycles. The van der Waals surface area contributed by atoms with E-state index in [0.717, 1.165) is 25.7 Å². The third kappa shape index (κ3) is 4.10. The summed E-state index contributed by atoms with van der Waals surface area (Å²) in [5.74, 6) is 0.926. The Bertz CT molecular complexity index is 292. The fraction of sp³-hybridized carbons (Fsp3) is 0.933. The van der Waals surface area contributed by atoms with Gasteiger partial charge in [0.25, 0.3) is 0 Å². The zero-order valence-electron chi connectivity index (χ0n) is 12.5. The third-order valence-electron chi connectivity index (χ3n) is 4.79. The zero-order valence-corrected chi connectivity index (χ0v) is 12.5. The van der Waals surface area contributed by atoms with Crippen LogP contribution in [0.25, 0.3) is 0 Å². The van der Waals surface area contributed by atoms with Gasteiger partial charge in [-0.1, -0.05) is 19.8 Å². The van der Waals surface area contributed by atoms with Gasteiger partial charge in [0.15, 0.2) is 5.96 Å². The summed E-state index contributed by atoms with van der Waals surface area (Å²) in [5, 5.41) is 6.90. The van der Waals surface area contributed by atoms with Crippen LogP contribution in [0.4, 0.5) is 0 Å². The Labute approximate surface area is 117 Å². The summed E-state index contributed by atoms with van der Waals surface area (Å²) in [6.07, 6.45) is 9.49. The molecule has 4 nitrogen and oxygen atoms in total. The molecule has 0 aromatic carbocycles. The maximum Gasteiger partial charge on any atom is 0.191 e. The van der Waals surface area contributed by atoms with Crippen LogP contribution in [0.15, 0.2) is 4.99 Å². The Balaban J connectivity index is 1.72. The van der Waals surface area contributed by atoms with Gasteiger partial charge in [-0.25, -0.2) is 0 Å². The highest BCUT2D eigenvalue weighted by Gasteiger charge is 2.31. The predicted octanol–water partition coefficient (Wildman–Crippen LogP) is 2.30. The van der Waals surface area contributed by atoms with E-state index in [0.29, 0.717) is 11.5 Å². The molecule has 1 atom stereocenters. The number of nitrogens with zero attached hydrogens (tertiary/aromatic N) is 1. The van der Waals surface area contributed by atoms with Crippen LogP contribution in [0.2, 0.25) is 0 Å². The van der Waals surface area contributed by atoms with E-state index in [2.05, 4.69) is 22.5 Å². The summed E-state index contributed by atoms with van der Waals surface area (Å²) in [6.45, 7) is 5.15. The van der Waals surface area contributed by atoms with E-state index in [1.807, 2.05) is 7.05 Å². The molecule has 2 fully saturated rings. The van der Waals surface area contributed by atoms with Gasteiger partial charge in [-0.05, 0) is 37.5 Å². The lowest BCUT2D eigenvalue weighted by molar-refractivity contribution is 0.113. The van der Waals surface area contributed by atoms with Crippen molar-refractivity contribution in [2.75, 3.05) is 26.7 Å². The molecule has 1 unspecified atom stereocenters. The molecule has 2 N–H and O–H groups in total. The first-order valence-corrected chi connectivity index (χ1v) is 7.84. The van der Waals surface area contributed by atoms with E-state index in [4.69, 9.17) is 4.74 Å². The number of ether oxygens (including phenoxy) is 1. The first-order valence-electron chi connectivity index (χ1n) is 7.84. The number of aliphatic imine (C=N–C) groups is 1. The standard InChI is InChI=1S/C15H29N3O/c1-3-15(8-4-5-9-15)12-18-14(16-2)17-11-13-7-6-10-19-13/h13H,3-12H2,1-2H3,(H2,16,17,18). The van der Waals surface area contributed by atoms with E-state index < -0.39 is 0 Å². The van der Waals surface area contributed by atoms with Gasteiger partial charge < -0.3 is 15.4 Å². The second-order valence-corrected chi connectivity index (χ2v) is 6.00. The summed E-state index contributed by atoms with van der Waals surface area (Å²) in [4.78, 5) is 4.31. The minimum atomic E-state index is 0.366. The van der Waals surface area contributed by atoms with E-state index in [1.54, 1.807) is 0 Å². The Hall–Kier alpha value is -0.770. The van der Waals surface area contributed by atoms with Crippen molar-refractivity contribution in [3.63, 3.8) is 0 Å². The second kappa shape index (κ2) is 7.13. The highest BCUT2D eigenvalue weighted by atomic mass is 16.5.